The van der Waals surface area contributed by atoms with Crippen LogP contribution in [0.3, 0.4) is 0 Å². The van der Waals surface area contributed by atoms with Crippen molar-refractivity contribution < 1.29 is 31.9 Å². The number of carbonyl (C=O) groups excluding carboxylic acids is 2. The van der Waals surface area contributed by atoms with E-state index in [2.05, 4.69) is 20.6 Å². The Morgan fingerprint density at radius 2 is 1.71 bits per heavy atom. The maximum absolute atomic E-state index is 14.5. The minimum absolute atomic E-state index is 0.0372. The molecule has 3 aliphatic rings. The summed E-state index contributed by atoms with van der Waals surface area (Å²) in [6.07, 6.45) is 4.48. The second kappa shape index (κ2) is 12.7. The molecule has 1 saturated carbocycles. The molecule has 2 aromatic heterocycles. The second-order valence-corrected chi connectivity index (χ2v) is 15.0. The van der Waals surface area contributed by atoms with Gasteiger partial charge in [0.25, 0.3) is 11.8 Å². The third-order valence-electron chi connectivity index (χ3n) is 8.42. The van der Waals surface area contributed by atoms with E-state index >= 15 is 0 Å². The van der Waals surface area contributed by atoms with Crippen LogP contribution in [-0.2, 0) is 6.18 Å². The number of amides is 2. The lowest BCUT2D eigenvalue weighted by Crippen LogP contribution is -2.42. The first-order valence-corrected chi connectivity index (χ1v) is 17.3. The van der Waals surface area contributed by atoms with E-state index in [-0.39, 0.29) is 56.6 Å². The number of halogens is 3. The summed E-state index contributed by atoms with van der Waals surface area (Å²) in [6.45, 7) is 2.36. The highest BCUT2D eigenvalue weighted by atomic mass is 32.3. The van der Waals surface area contributed by atoms with Crippen LogP contribution in [0.25, 0.3) is 10.4 Å². The van der Waals surface area contributed by atoms with Crippen molar-refractivity contribution in [2.24, 2.45) is 0 Å². The van der Waals surface area contributed by atoms with Crippen molar-refractivity contribution in [3.63, 3.8) is 0 Å². The Morgan fingerprint density at radius 1 is 1.02 bits per heavy atom. The largest absolute Gasteiger partial charge is 0.417 e. The Bertz CT molecular complexity index is 1290. The summed E-state index contributed by atoms with van der Waals surface area (Å²) >= 11 is 0.750. The predicted octanol–water partition coefficient (Wildman–Crippen LogP) is 6.63. The second-order valence-electron chi connectivity index (χ2n) is 11.6. The summed E-state index contributed by atoms with van der Waals surface area (Å²) in [5, 5.41) is 5.85. The number of piperidine rings is 1. The number of carbonyl (C=O) groups is 2. The van der Waals surface area contributed by atoms with Gasteiger partial charge in [0, 0.05) is 47.9 Å². The molecule has 42 heavy (non-hydrogen) atoms. The van der Waals surface area contributed by atoms with E-state index in [1.165, 1.54) is 0 Å². The monoisotopic (exact) mass is 629 g/mol. The van der Waals surface area contributed by atoms with Crippen molar-refractivity contribution in [3.8, 4) is 10.4 Å². The first-order valence-electron chi connectivity index (χ1n) is 14.6. The van der Waals surface area contributed by atoms with Gasteiger partial charge in [-0.2, -0.15) is 23.8 Å². The Labute approximate surface area is 249 Å². The highest BCUT2D eigenvalue weighted by molar-refractivity contribution is 8.24. The minimum Gasteiger partial charge on any atom is -0.367 e. The van der Waals surface area contributed by atoms with Gasteiger partial charge in [0.1, 0.15) is 11.5 Å². The van der Waals surface area contributed by atoms with E-state index < -0.39 is 34.1 Å². The number of anilines is 1. The van der Waals surface area contributed by atoms with Crippen molar-refractivity contribution in [2.45, 2.75) is 95.4 Å². The van der Waals surface area contributed by atoms with Gasteiger partial charge < -0.3 is 15.5 Å². The molecule has 3 fully saturated rings. The van der Waals surface area contributed by atoms with E-state index in [1.54, 1.807) is 4.90 Å². The Hall–Kier alpha value is -2.42. The molecule has 1 atom stereocenters. The van der Waals surface area contributed by atoms with E-state index in [0.29, 0.717) is 19.4 Å². The van der Waals surface area contributed by atoms with Crippen LogP contribution in [0.5, 0.6) is 0 Å². The van der Waals surface area contributed by atoms with Crippen LogP contribution in [0.4, 0.5) is 19.0 Å². The Morgan fingerprint density at radius 3 is 2.38 bits per heavy atom. The highest BCUT2D eigenvalue weighted by Gasteiger charge is 2.38. The first-order chi connectivity index (χ1) is 19.9. The maximum atomic E-state index is 14.5. The molecule has 1 aliphatic carbocycles. The lowest BCUT2D eigenvalue weighted by Gasteiger charge is -2.39. The van der Waals surface area contributed by atoms with E-state index in [9.17, 15) is 31.9 Å². The first kappa shape index (κ1) is 31.0. The fourth-order valence-corrected chi connectivity index (χ4v) is 8.50. The van der Waals surface area contributed by atoms with Crippen molar-refractivity contribution in [1.29, 1.82) is 0 Å². The molecule has 0 bridgehead atoms. The minimum atomic E-state index is -4.74. The zero-order chi connectivity index (χ0) is 30.1. The van der Waals surface area contributed by atoms with Crippen LogP contribution in [0.2, 0.25) is 0 Å². The Balaban J connectivity index is 1.50. The zero-order valence-electron chi connectivity index (χ0n) is 23.6. The lowest BCUT2D eigenvalue weighted by molar-refractivity contribution is -0.137. The molecule has 9 nitrogen and oxygen atoms in total. The van der Waals surface area contributed by atoms with Gasteiger partial charge in [0.05, 0.1) is 10.4 Å². The summed E-state index contributed by atoms with van der Waals surface area (Å²) in [5.41, 5.74) is -1.41. The fraction of sp³-hybridized carbons (Fsp3) is 0.643. The third-order valence-corrected chi connectivity index (χ3v) is 11.3. The predicted molar refractivity (Wildman–Crippen MR) is 158 cm³/mol. The van der Waals surface area contributed by atoms with Crippen molar-refractivity contribution in [3.05, 3.63) is 28.5 Å². The van der Waals surface area contributed by atoms with Gasteiger partial charge in [-0.15, -0.1) is 11.3 Å². The topological polar surface area (TPSA) is 128 Å². The molecular formula is C28H38F3N5O4S2. The molecule has 5 rings (SSSR count). The summed E-state index contributed by atoms with van der Waals surface area (Å²) in [5.74, 6) is -0.649. The SMILES string of the molecule is CC1CCCCN1C(=O)c1nc(C(=O)NC2CCS(O)(O)CC2)sc1-c1cnc(NC2CCCCC2)cc1C(F)(F)F. The van der Waals surface area contributed by atoms with Crippen molar-refractivity contribution in [1.82, 2.24) is 20.2 Å². The van der Waals surface area contributed by atoms with Crippen molar-refractivity contribution >= 4 is 39.6 Å². The molecule has 4 heterocycles. The van der Waals surface area contributed by atoms with Gasteiger partial charge >= 0.3 is 6.18 Å². The van der Waals surface area contributed by atoms with Crippen LogP contribution in [0.1, 0.15) is 97.0 Å². The van der Waals surface area contributed by atoms with Gasteiger partial charge in [0.15, 0.2) is 5.01 Å². The summed E-state index contributed by atoms with van der Waals surface area (Å²) in [6, 6.07) is 0.602. The fourth-order valence-electron chi connectivity index (χ4n) is 5.99. The molecule has 4 N–H and O–H groups in total. The number of alkyl halides is 3. The molecule has 14 heteroatoms. The van der Waals surface area contributed by atoms with Gasteiger partial charge in [-0.1, -0.05) is 19.3 Å². The number of hydrogen-bond donors (Lipinski definition) is 4. The highest BCUT2D eigenvalue weighted by Crippen LogP contribution is 2.44. The average Bonchev–Trinajstić information content (AvgIpc) is 3.40. The number of nitrogens with zero attached hydrogens (tertiary/aromatic N) is 3. The molecule has 0 radical (unpaired) electrons. The van der Waals surface area contributed by atoms with Gasteiger partial charge in [0.2, 0.25) is 0 Å². The number of pyridine rings is 1. The molecular weight excluding hydrogens is 591 g/mol. The number of thiazole rings is 1. The summed E-state index contributed by atoms with van der Waals surface area (Å²) in [7, 11) is -2.65. The van der Waals surface area contributed by atoms with E-state index in [4.69, 9.17) is 0 Å². The van der Waals surface area contributed by atoms with Gasteiger partial charge in [-0.3, -0.25) is 18.7 Å². The zero-order valence-corrected chi connectivity index (χ0v) is 25.2. The average molecular weight is 630 g/mol. The number of likely N-dealkylation sites (tertiary alicyclic amines) is 1. The van der Waals surface area contributed by atoms with Crippen LogP contribution in [0.15, 0.2) is 12.3 Å². The number of rotatable bonds is 6. The van der Waals surface area contributed by atoms with Crippen LogP contribution in [-0.4, -0.2) is 72.0 Å². The molecule has 2 amide bonds. The smallest absolute Gasteiger partial charge is 0.367 e. The maximum Gasteiger partial charge on any atom is 0.417 e. The van der Waals surface area contributed by atoms with E-state index in [1.807, 2.05) is 6.92 Å². The molecule has 232 valence electrons. The summed E-state index contributed by atoms with van der Waals surface area (Å²) in [4.78, 5) is 37.2. The normalized spacial score (nSPS) is 22.9. The van der Waals surface area contributed by atoms with Crippen molar-refractivity contribution in [2.75, 3.05) is 23.4 Å². The number of nitrogens with one attached hydrogen (secondary N) is 2. The summed E-state index contributed by atoms with van der Waals surface area (Å²) < 4.78 is 63.3. The molecule has 0 spiro atoms. The quantitative estimate of drug-likeness (QED) is 0.283. The molecule has 0 aromatic carbocycles. The molecule has 1 unspecified atom stereocenters. The van der Waals surface area contributed by atoms with Crippen LogP contribution >= 0.6 is 21.9 Å². The molecule has 2 aromatic rings. The standard InChI is InChI=1S/C28H38F3N5O4S2/c1-17-7-5-6-12-36(17)27(38)23-24(41-26(35-23)25(37)34-19-10-13-42(39,40)14-11-19)20-16-32-22(15-21(20)28(29,30)31)33-18-8-3-2-4-9-18/h15-19,39-40H,2-14H2,1H3,(H,32,33)(H,34,37). The van der Waals surface area contributed by atoms with Gasteiger partial charge in [-0.05, 0) is 57.9 Å². The lowest BCUT2D eigenvalue weighted by atomic mass is 9.95. The van der Waals surface area contributed by atoms with E-state index in [0.717, 1.165) is 75.0 Å². The molecule has 2 saturated heterocycles. The Kier molecular flexibility index (Phi) is 9.36. The van der Waals surface area contributed by atoms with Crippen LogP contribution in [0, 0.1) is 0 Å². The third kappa shape index (κ3) is 7.20. The number of aromatic nitrogens is 2. The molecule has 2 aliphatic heterocycles. The number of hydrogen-bond acceptors (Lipinski definition) is 8. The van der Waals surface area contributed by atoms with Crippen LogP contribution < -0.4 is 10.6 Å². The van der Waals surface area contributed by atoms with Gasteiger partial charge in [-0.25, -0.2) is 9.97 Å².